The summed E-state index contributed by atoms with van der Waals surface area (Å²) in [7, 11) is 0. The van der Waals surface area contributed by atoms with Crippen LogP contribution >= 0.6 is 11.6 Å². The van der Waals surface area contributed by atoms with E-state index in [4.69, 9.17) is 16.3 Å². The van der Waals surface area contributed by atoms with E-state index in [1.807, 2.05) is 60.7 Å². The lowest BCUT2D eigenvalue weighted by Crippen LogP contribution is -2.53. The highest BCUT2D eigenvalue weighted by Crippen LogP contribution is 2.59. The van der Waals surface area contributed by atoms with Crippen LogP contribution in [0.5, 0.6) is 0 Å². The van der Waals surface area contributed by atoms with E-state index in [0.29, 0.717) is 44.1 Å². The smallest absolute Gasteiger partial charge is 0.410 e. The molecule has 8 heteroatoms. The summed E-state index contributed by atoms with van der Waals surface area (Å²) in [6, 6.07) is 24.2. The molecule has 2 N–H and O–H groups in total. The van der Waals surface area contributed by atoms with E-state index in [2.05, 4.69) is 19.9 Å². The van der Waals surface area contributed by atoms with Gasteiger partial charge in [-0.25, -0.2) is 9.18 Å². The Bertz CT molecular complexity index is 1950. The second-order valence-corrected chi connectivity index (χ2v) is 15.3. The molecule has 0 radical (unpaired) electrons. The number of carbonyl (C=O) groups is 2. The number of amides is 1. The first kappa shape index (κ1) is 37.7. The van der Waals surface area contributed by atoms with Crippen molar-refractivity contribution in [3.63, 3.8) is 0 Å². The minimum absolute atomic E-state index is 0.0448. The van der Waals surface area contributed by atoms with Crippen LogP contribution in [0.4, 0.5) is 9.18 Å². The molecule has 0 spiro atoms. The van der Waals surface area contributed by atoms with Crippen molar-refractivity contribution in [3.8, 4) is 0 Å². The van der Waals surface area contributed by atoms with Gasteiger partial charge in [0.1, 0.15) is 5.82 Å². The third kappa shape index (κ3) is 7.83. The van der Waals surface area contributed by atoms with Gasteiger partial charge < -0.3 is 19.8 Å². The van der Waals surface area contributed by atoms with Crippen molar-refractivity contribution >= 4 is 34.2 Å². The first-order valence-electron chi connectivity index (χ1n) is 18.5. The maximum atomic E-state index is 15.0. The molecule has 4 aromatic carbocycles. The molecule has 3 aliphatic carbocycles. The summed E-state index contributed by atoms with van der Waals surface area (Å²) in [5.74, 6) is -1.07. The van der Waals surface area contributed by atoms with Crippen LogP contribution in [0.2, 0.25) is 5.02 Å². The molecule has 4 unspecified atom stereocenters. The molecular weight excluding hydrogens is 677 g/mol. The normalized spacial score (nSPS) is 23.5. The Morgan fingerprint density at radius 3 is 2.58 bits per heavy atom. The molecular formula is C44H49ClFNO5. The minimum atomic E-state index is -1.34. The molecule has 2 bridgehead atoms. The molecule has 7 rings (SSSR count). The molecule has 1 fully saturated rings. The van der Waals surface area contributed by atoms with Gasteiger partial charge in [-0.05, 0) is 110 Å². The molecule has 4 atom stereocenters. The predicted octanol–water partition coefficient (Wildman–Crippen LogP) is 9.75. The van der Waals surface area contributed by atoms with Crippen LogP contribution in [0, 0.1) is 11.2 Å². The molecule has 0 aliphatic heterocycles. The number of halogens is 2. The zero-order valence-corrected chi connectivity index (χ0v) is 31.1. The van der Waals surface area contributed by atoms with E-state index in [-0.39, 0.29) is 48.4 Å². The largest absolute Gasteiger partial charge is 0.450 e. The lowest BCUT2D eigenvalue weighted by atomic mass is 9.64. The number of hydrogen-bond donors (Lipinski definition) is 2. The predicted molar refractivity (Wildman–Crippen MR) is 204 cm³/mol. The van der Waals surface area contributed by atoms with Crippen LogP contribution in [0.15, 0.2) is 90.5 Å². The molecule has 0 heterocycles. The average Bonchev–Trinajstić information content (AvgIpc) is 3.37. The van der Waals surface area contributed by atoms with E-state index in [0.717, 1.165) is 33.9 Å². The lowest BCUT2D eigenvalue weighted by molar-refractivity contribution is -0.0820. The van der Waals surface area contributed by atoms with Gasteiger partial charge in [0.2, 0.25) is 0 Å². The topological polar surface area (TPSA) is 87.1 Å². The van der Waals surface area contributed by atoms with Crippen molar-refractivity contribution < 1.29 is 28.9 Å². The number of allylic oxidation sites excluding steroid dienone is 2. The Balaban J connectivity index is 1.42. The van der Waals surface area contributed by atoms with Gasteiger partial charge in [-0.1, -0.05) is 90.8 Å². The summed E-state index contributed by atoms with van der Waals surface area (Å²) in [6.45, 7) is 6.43. The fourth-order valence-electron chi connectivity index (χ4n) is 8.55. The van der Waals surface area contributed by atoms with Crippen LogP contribution in [0.25, 0.3) is 10.8 Å². The highest BCUT2D eigenvalue weighted by Gasteiger charge is 2.57. The summed E-state index contributed by atoms with van der Waals surface area (Å²) < 4.78 is 20.5. The summed E-state index contributed by atoms with van der Waals surface area (Å²) in [6.07, 6.45) is 4.80. The van der Waals surface area contributed by atoms with Gasteiger partial charge in [0.15, 0.2) is 5.78 Å². The second-order valence-electron chi connectivity index (χ2n) is 14.9. The van der Waals surface area contributed by atoms with E-state index < -0.39 is 29.0 Å². The van der Waals surface area contributed by atoms with Crippen molar-refractivity contribution in [1.82, 2.24) is 4.90 Å². The number of carbonyl (C=O) groups excluding carboxylic acids is 2. The number of aliphatic hydroxyl groups is 2. The Hall–Kier alpha value is -4.04. The number of nitrogens with zero attached hydrogens (tertiary/aromatic N) is 1. The quantitative estimate of drug-likeness (QED) is 0.140. The van der Waals surface area contributed by atoms with E-state index in [1.165, 1.54) is 17.7 Å². The standard InChI is InChI=1S/C44H49ClFNO5/c1-4-52-42(50)47(27-32-13-7-12-31-11-5-6-14-34(31)32)28-44(51)23-21-38-35-20-18-30(24-33(48)19-17-29(2)10-9-22-43(38,44)3)25-36(35)41(49)26-37-39(45)15-8-16-40(37)46/h5-8,10-16,18,20,25,33,38,48,51H,4,9,17,19,21-24,26-28H2,1-3H3. The van der Waals surface area contributed by atoms with Gasteiger partial charge in [-0.2, -0.15) is 0 Å². The minimum Gasteiger partial charge on any atom is -0.450 e. The number of Topliss-reactive ketones (excluding diaryl/α,β-unsaturated/α-hetero) is 1. The summed E-state index contributed by atoms with van der Waals surface area (Å²) in [5.41, 5.74) is 2.21. The van der Waals surface area contributed by atoms with E-state index >= 15 is 0 Å². The molecule has 1 saturated carbocycles. The van der Waals surface area contributed by atoms with Crippen molar-refractivity contribution in [2.75, 3.05) is 13.2 Å². The van der Waals surface area contributed by atoms with Gasteiger partial charge in [0.25, 0.3) is 0 Å². The Kier molecular flexibility index (Phi) is 11.5. The van der Waals surface area contributed by atoms with E-state index in [9.17, 15) is 24.2 Å². The average molecular weight is 726 g/mol. The zero-order valence-electron chi connectivity index (χ0n) is 30.3. The first-order chi connectivity index (χ1) is 24.9. The lowest BCUT2D eigenvalue weighted by Gasteiger charge is -2.46. The Labute approximate surface area is 311 Å². The van der Waals surface area contributed by atoms with Crippen molar-refractivity contribution in [2.24, 2.45) is 5.41 Å². The molecule has 6 nitrogen and oxygen atoms in total. The van der Waals surface area contributed by atoms with Crippen molar-refractivity contribution in [2.45, 2.75) is 96.3 Å². The second kappa shape index (κ2) is 15.9. The first-order valence-corrected chi connectivity index (χ1v) is 18.8. The fourth-order valence-corrected chi connectivity index (χ4v) is 8.78. The molecule has 3 aliphatic rings. The van der Waals surface area contributed by atoms with Crippen LogP contribution in [0.3, 0.4) is 0 Å². The number of benzene rings is 4. The number of ketones is 1. The highest BCUT2D eigenvalue weighted by molar-refractivity contribution is 6.31. The van der Waals surface area contributed by atoms with Gasteiger partial charge in [-0.3, -0.25) is 4.79 Å². The fraction of sp³-hybridized carbons (Fsp3) is 0.409. The zero-order chi connectivity index (χ0) is 37.0. The van der Waals surface area contributed by atoms with Gasteiger partial charge in [0, 0.05) is 34.5 Å². The molecule has 274 valence electrons. The Morgan fingerprint density at radius 2 is 1.79 bits per heavy atom. The van der Waals surface area contributed by atoms with Crippen LogP contribution in [-0.2, 0) is 24.1 Å². The van der Waals surface area contributed by atoms with Gasteiger partial charge in [-0.15, -0.1) is 0 Å². The monoisotopic (exact) mass is 725 g/mol. The number of hydrogen-bond acceptors (Lipinski definition) is 5. The maximum absolute atomic E-state index is 15.0. The van der Waals surface area contributed by atoms with Crippen LogP contribution in [-0.4, -0.2) is 51.8 Å². The number of fused-ring (bicyclic) bond motifs is 9. The van der Waals surface area contributed by atoms with Gasteiger partial charge in [0.05, 0.1) is 24.9 Å². The molecule has 52 heavy (non-hydrogen) atoms. The maximum Gasteiger partial charge on any atom is 0.410 e. The molecule has 4 aromatic rings. The highest BCUT2D eigenvalue weighted by atomic mass is 35.5. The summed E-state index contributed by atoms with van der Waals surface area (Å²) in [5, 5.41) is 26.2. The van der Waals surface area contributed by atoms with Crippen molar-refractivity contribution in [3.05, 3.63) is 129 Å². The third-order valence-electron chi connectivity index (χ3n) is 11.6. The SMILES string of the molecule is CCOC(=O)N(Cc1cccc2ccccc12)CC1(O)CCC2c3ccc(cc3C(=O)Cc3c(F)cccc3Cl)CC(O)CCC(C)=CCCC21C. The number of aliphatic hydroxyl groups excluding tert-OH is 1. The van der Waals surface area contributed by atoms with Crippen molar-refractivity contribution in [1.29, 1.82) is 0 Å². The number of ether oxygens (including phenoxy) is 1. The third-order valence-corrected chi connectivity index (χ3v) is 11.9. The van der Waals surface area contributed by atoms with E-state index in [1.54, 1.807) is 17.9 Å². The molecule has 0 aromatic heterocycles. The summed E-state index contributed by atoms with van der Waals surface area (Å²) >= 11 is 6.39. The molecule has 0 saturated heterocycles. The van der Waals surface area contributed by atoms with Crippen LogP contribution in [0.1, 0.15) is 97.8 Å². The molecule has 1 amide bonds. The van der Waals surface area contributed by atoms with Gasteiger partial charge >= 0.3 is 6.09 Å². The number of rotatable bonds is 8. The Morgan fingerprint density at radius 1 is 1.02 bits per heavy atom. The van der Waals surface area contributed by atoms with Crippen LogP contribution < -0.4 is 0 Å². The summed E-state index contributed by atoms with van der Waals surface area (Å²) in [4.78, 5) is 29.6.